The summed E-state index contributed by atoms with van der Waals surface area (Å²) in [5.41, 5.74) is -0.944. The van der Waals surface area contributed by atoms with Gasteiger partial charge in [0.05, 0.1) is 0 Å². The van der Waals surface area contributed by atoms with E-state index in [1.54, 1.807) is 6.07 Å². The monoisotopic (exact) mass is 392 g/mol. The van der Waals surface area contributed by atoms with E-state index < -0.39 is 35.8 Å². The smallest absolute Gasteiger partial charge is 0.330 e. The number of aliphatic hydroxyl groups is 2. The van der Waals surface area contributed by atoms with Gasteiger partial charge in [0.1, 0.15) is 36.3 Å². The molecule has 1 fully saturated rings. The van der Waals surface area contributed by atoms with E-state index in [0.717, 1.165) is 4.57 Å². The van der Waals surface area contributed by atoms with Crippen LogP contribution in [0.2, 0.25) is 0 Å². The summed E-state index contributed by atoms with van der Waals surface area (Å²) >= 11 is 0. The highest BCUT2D eigenvalue weighted by Crippen LogP contribution is 2.28. The zero-order chi connectivity index (χ0) is 20.4. The second-order valence-corrected chi connectivity index (χ2v) is 6.99. The molecule has 0 saturated carbocycles. The molecule has 152 valence electrons. The lowest BCUT2D eigenvalue weighted by Crippen LogP contribution is -2.38. The van der Waals surface area contributed by atoms with E-state index in [9.17, 15) is 19.8 Å². The molecule has 0 bridgehead atoms. The van der Waals surface area contributed by atoms with Gasteiger partial charge in [-0.3, -0.25) is 14.3 Å². The lowest BCUT2D eigenvalue weighted by atomic mass is 10.1. The first-order valence-electron chi connectivity index (χ1n) is 8.92. The SMILES string of the molecule is Cc1cn([C@@H]2O[C@H](CNc3cc(NC(C)C)ncn3)[C@@H](O)[C@H]2O)c(=O)[nH]c1=O. The van der Waals surface area contributed by atoms with Crippen LogP contribution in [0.5, 0.6) is 0 Å². The number of anilines is 2. The van der Waals surface area contributed by atoms with Crippen LogP contribution in [0.1, 0.15) is 25.6 Å². The first-order chi connectivity index (χ1) is 13.3. The minimum atomic E-state index is -1.33. The van der Waals surface area contributed by atoms with Crippen molar-refractivity contribution in [3.8, 4) is 0 Å². The number of rotatable bonds is 6. The van der Waals surface area contributed by atoms with Crippen molar-refractivity contribution in [3.05, 3.63) is 45.0 Å². The number of nitrogens with one attached hydrogen (secondary N) is 3. The summed E-state index contributed by atoms with van der Waals surface area (Å²) in [5, 5.41) is 26.8. The minimum Gasteiger partial charge on any atom is -0.387 e. The van der Waals surface area contributed by atoms with E-state index >= 15 is 0 Å². The molecule has 11 heteroatoms. The maximum absolute atomic E-state index is 12.0. The molecule has 28 heavy (non-hydrogen) atoms. The molecule has 1 saturated heterocycles. The molecule has 0 aromatic carbocycles. The van der Waals surface area contributed by atoms with Crippen molar-refractivity contribution < 1.29 is 14.9 Å². The molecule has 0 aliphatic carbocycles. The third-order valence-corrected chi connectivity index (χ3v) is 4.35. The number of nitrogens with zero attached hydrogens (tertiary/aromatic N) is 3. The lowest BCUT2D eigenvalue weighted by Gasteiger charge is -2.17. The highest BCUT2D eigenvalue weighted by atomic mass is 16.6. The Hall–Kier alpha value is -2.76. The van der Waals surface area contributed by atoms with Gasteiger partial charge in [0.15, 0.2) is 6.23 Å². The average molecular weight is 392 g/mol. The molecule has 0 unspecified atom stereocenters. The minimum absolute atomic E-state index is 0.143. The van der Waals surface area contributed by atoms with Gasteiger partial charge in [-0.15, -0.1) is 0 Å². The number of hydrogen-bond acceptors (Lipinski definition) is 9. The fraction of sp³-hybridized carbons (Fsp3) is 0.529. The molecule has 3 heterocycles. The first-order valence-corrected chi connectivity index (χ1v) is 8.92. The fourth-order valence-electron chi connectivity index (χ4n) is 2.94. The predicted octanol–water partition coefficient (Wildman–Crippen LogP) is -0.813. The molecular weight excluding hydrogens is 368 g/mol. The maximum Gasteiger partial charge on any atom is 0.330 e. The fourth-order valence-corrected chi connectivity index (χ4v) is 2.94. The molecule has 0 spiro atoms. The zero-order valence-corrected chi connectivity index (χ0v) is 15.8. The van der Waals surface area contributed by atoms with Crippen molar-refractivity contribution in [1.29, 1.82) is 0 Å². The van der Waals surface area contributed by atoms with Gasteiger partial charge in [-0.2, -0.15) is 0 Å². The Bertz CT molecular complexity index is 942. The molecule has 4 atom stereocenters. The number of aromatic amines is 1. The number of aryl methyl sites for hydroxylation is 1. The predicted molar refractivity (Wildman–Crippen MR) is 101 cm³/mol. The van der Waals surface area contributed by atoms with E-state index in [1.807, 2.05) is 13.8 Å². The van der Waals surface area contributed by atoms with Crippen LogP contribution in [0.25, 0.3) is 0 Å². The Balaban J connectivity index is 1.71. The molecule has 0 amide bonds. The molecule has 3 rings (SSSR count). The van der Waals surface area contributed by atoms with E-state index in [1.165, 1.54) is 19.4 Å². The molecule has 1 aliphatic rings. The largest absolute Gasteiger partial charge is 0.387 e. The quantitative estimate of drug-likeness (QED) is 0.424. The van der Waals surface area contributed by atoms with Gasteiger partial charge < -0.3 is 25.6 Å². The van der Waals surface area contributed by atoms with Crippen molar-refractivity contribution in [2.24, 2.45) is 0 Å². The van der Waals surface area contributed by atoms with E-state index in [4.69, 9.17) is 4.74 Å². The van der Waals surface area contributed by atoms with Crippen LogP contribution in [0.15, 0.2) is 28.2 Å². The Morgan fingerprint density at radius 1 is 1.25 bits per heavy atom. The van der Waals surface area contributed by atoms with Gasteiger partial charge in [0.25, 0.3) is 5.56 Å². The van der Waals surface area contributed by atoms with Gasteiger partial charge in [-0.1, -0.05) is 0 Å². The summed E-state index contributed by atoms with van der Waals surface area (Å²) in [7, 11) is 0. The zero-order valence-electron chi connectivity index (χ0n) is 15.8. The normalized spacial score (nSPS) is 24.5. The van der Waals surface area contributed by atoms with Gasteiger partial charge in [0, 0.05) is 30.4 Å². The first kappa shape index (κ1) is 20.0. The van der Waals surface area contributed by atoms with Crippen molar-refractivity contribution >= 4 is 11.6 Å². The topological polar surface area (TPSA) is 154 Å². The molecule has 0 radical (unpaired) electrons. The molecule has 1 aliphatic heterocycles. The molecule has 2 aromatic rings. The summed E-state index contributed by atoms with van der Waals surface area (Å²) in [6.07, 6.45) is -1.78. The number of hydrogen-bond donors (Lipinski definition) is 5. The summed E-state index contributed by atoms with van der Waals surface area (Å²) in [4.78, 5) is 33.9. The van der Waals surface area contributed by atoms with Crippen LogP contribution in [0.3, 0.4) is 0 Å². The molecule has 11 nitrogen and oxygen atoms in total. The standard InChI is InChI=1S/C17H24N6O5/c1-8(2)21-12-4-11(19-7-20-12)18-5-10-13(24)14(25)16(28-10)23-6-9(3)15(26)22-17(23)27/h4,6-8,10,13-14,16,24-25H,5H2,1-3H3,(H,22,26,27)(H2,18,19,20,21)/t10-,13-,14-,16-/m1/s1. The van der Waals surface area contributed by atoms with Crippen LogP contribution in [0, 0.1) is 6.92 Å². The Labute approximate surface area is 160 Å². The third-order valence-electron chi connectivity index (χ3n) is 4.35. The summed E-state index contributed by atoms with van der Waals surface area (Å²) < 4.78 is 6.75. The van der Waals surface area contributed by atoms with Crippen molar-refractivity contribution in [2.45, 2.75) is 51.4 Å². The lowest BCUT2D eigenvalue weighted by molar-refractivity contribution is -0.0364. The average Bonchev–Trinajstić information content (AvgIpc) is 2.91. The van der Waals surface area contributed by atoms with Crippen LogP contribution >= 0.6 is 0 Å². The Morgan fingerprint density at radius 3 is 2.68 bits per heavy atom. The number of aliphatic hydroxyl groups excluding tert-OH is 2. The van der Waals surface area contributed by atoms with Gasteiger partial charge >= 0.3 is 5.69 Å². The van der Waals surface area contributed by atoms with Gasteiger partial charge in [-0.25, -0.2) is 14.8 Å². The van der Waals surface area contributed by atoms with E-state index in [0.29, 0.717) is 11.6 Å². The van der Waals surface area contributed by atoms with E-state index in [-0.39, 0.29) is 18.2 Å². The number of aromatic nitrogens is 4. The van der Waals surface area contributed by atoms with Crippen molar-refractivity contribution in [1.82, 2.24) is 19.5 Å². The summed E-state index contributed by atoms with van der Waals surface area (Å²) in [5.74, 6) is 1.16. The van der Waals surface area contributed by atoms with Gasteiger partial charge in [-0.05, 0) is 20.8 Å². The van der Waals surface area contributed by atoms with Crippen LogP contribution in [-0.4, -0.2) is 60.6 Å². The molecule has 2 aromatic heterocycles. The molecular formula is C17H24N6O5. The second kappa shape index (κ2) is 8.09. The Morgan fingerprint density at radius 2 is 1.96 bits per heavy atom. The number of ether oxygens (including phenoxy) is 1. The van der Waals surface area contributed by atoms with Crippen LogP contribution in [-0.2, 0) is 4.74 Å². The highest BCUT2D eigenvalue weighted by molar-refractivity contribution is 5.46. The third kappa shape index (κ3) is 4.21. The Kier molecular flexibility index (Phi) is 5.77. The van der Waals surface area contributed by atoms with E-state index in [2.05, 4.69) is 25.6 Å². The summed E-state index contributed by atoms with van der Waals surface area (Å²) in [6.45, 7) is 5.65. The maximum atomic E-state index is 12.0. The van der Waals surface area contributed by atoms with Crippen molar-refractivity contribution in [2.75, 3.05) is 17.2 Å². The van der Waals surface area contributed by atoms with Crippen molar-refractivity contribution in [3.63, 3.8) is 0 Å². The number of H-pyrrole nitrogens is 1. The second-order valence-electron chi connectivity index (χ2n) is 6.99. The van der Waals surface area contributed by atoms with Crippen LogP contribution < -0.4 is 21.9 Å². The highest BCUT2D eigenvalue weighted by Gasteiger charge is 2.44. The summed E-state index contributed by atoms with van der Waals surface area (Å²) in [6, 6.07) is 1.92. The van der Waals surface area contributed by atoms with Gasteiger partial charge in [0.2, 0.25) is 0 Å². The molecule has 5 N–H and O–H groups in total. The van der Waals surface area contributed by atoms with Crippen LogP contribution in [0.4, 0.5) is 11.6 Å².